The topological polar surface area (TPSA) is 51.2 Å². The Hall–Kier alpha value is -1.34. The van der Waals surface area contributed by atoms with E-state index < -0.39 is 18.7 Å². The van der Waals surface area contributed by atoms with Gasteiger partial charge in [0.15, 0.2) is 0 Å². The molecule has 0 aliphatic rings. The lowest BCUT2D eigenvalue weighted by Crippen LogP contribution is -2.20. The van der Waals surface area contributed by atoms with Crippen LogP contribution < -0.4 is 5.32 Å². The molecule has 1 rings (SSSR count). The van der Waals surface area contributed by atoms with Gasteiger partial charge in [0.2, 0.25) is 5.91 Å². The van der Waals surface area contributed by atoms with Crippen LogP contribution in [0.5, 0.6) is 0 Å². The van der Waals surface area contributed by atoms with Crippen molar-refractivity contribution < 1.29 is 22.7 Å². The number of aromatic nitrogens is 1. The lowest BCUT2D eigenvalue weighted by atomic mass is 10.3. The molecule has 0 bridgehead atoms. The minimum Gasteiger partial charge on any atom is -0.372 e. The molecule has 0 aliphatic carbocycles. The van der Waals surface area contributed by atoms with Crippen LogP contribution in [0.2, 0.25) is 5.02 Å². The van der Waals surface area contributed by atoms with Crippen molar-refractivity contribution in [3.63, 3.8) is 0 Å². The summed E-state index contributed by atoms with van der Waals surface area (Å²) in [4.78, 5) is 15.1. The van der Waals surface area contributed by atoms with E-state index >= 15 is 0 Å². The van der Waals surface area contributed by atoms with Crippen molar-refractivity contribution in [3.8, 4) is 0 Å². The van der Waals surface area contributed by atoms with Gasteiger partial charge in [-0.3, -0.25) is 9.78 Å². The van der Waals surface area contributed by atoms with E-state index in [-0.39, 0.29) is 13.0 Å². The molecule has 1 heterocycles. The van der Waals surface area contributed by atoms with E-state index in [4.69, 9.17) is 11.6 Å². The number of carbonyl (C=O) groups is 1. The van der Waals surface area contributed by atoms with Crippen molar-refractivity contribution >= 4 is 23.2 Å². The molecular weight excluding hydrogens is 273 g/mol. The summed E-state index contributed by atoms with van der Waals surface area (Å²) in [6, 6.07) is 1.48. The molecule has 0 fully saturated rings. The molecule has 100 valence electrons. The maximum absolute atomic E-state index is 11.7. The summed E-state index contributed by atoms with van der Waals surface area (Å²) >= 11 is 5.75. The first kappa shape index (κ1) is 14.7. The number of alkyl halides is 3. The van der Waals surface area contributed by atoms with Crippen LogP contribution in [0.3, 0.4) is 0 Å². The average molecular weight is 283 g/mol. The molecule has 0 unspecified atom stereocenters. The molecule has 4 nitrogen and oxygen atoms in total. The second-order valence-corrected chi connectivity index (χ2v) is 3.73. The third kappa shape index (κ3) is 5.83. The number of nitrogens with zero attached hydrogens (tertiary/aromatic N) is 1. The SMILES string of the molecule is O=C(CCOCC(F)(F)F)Nc1cnccc1Cl. The largest absolute Gasteiger partial charge is 0.411 e. The normalized spacial score (nSPS) is 11.3. The lowest BCUT2D eigenvalue weighted by Gasteiger charge is -2.08. The van der Waals surface area contributed by atoms with E-state index in [9.17, 15) is 18.0 Å². The summed E-state index contributed by atoms with van der Waals surface area (Å²) in [6.45, 7) is -1.68. The van der Waals surface area contributed by atoms with E-state index in [0.717, 1.165) is 0 Å². The van der Waals surface area contributed by atoms with Gasteiger partial charge < -0.3 is 10.1 Å². The van der Waals surface area contributed by atoms with Crippen LogP contribution in [0.25, 0.3) is 0 Å². The zero-order valence-corrected chi connectivity index (χ0v) is 9.88. The second-order valence-electron chi connectivity index (χ2n) is 3.32. The minimum absolute atomic E-state index is 0.193. The molecular formula is C10H10ClF3N2O2. The van der Waals surface area contributed by atoms with Crippen LogP contribution >= 0.6 is 11.6 Å². The van der Waals surface area contributed by atoms with Gasteiger partial charge in [0.1, 0.15) is 6.61 Å². The Bertz CT molecular complexity index is 412. The molecule has 1 aromatic rings. The highest BCUT2D eigenvalue weighted by Crippen LogP contribution is 2.19. The number of halogens is 4. The third-order valence-electron chi connectivity index (χ3n) is 1.78. The Morgan fingerprint density at radius 3 is 2.83 bits per heavy atom. The van der Waals surface area contributed by atoms with Crippen LogP contribution in [0.15, 0.2) is 18.5 Å². The summed E-state index contributed by atoms with van der Waals surface area (Å²) in [7, 11) is 0. The predicted molar refractivity (Wildman–Crippen MR) is 59.4 cm³/mol. The van der Waals surface area contributed by atoms with Crippen molar-refractivity contribution in [3.05, 3.63) is 23.5 Å². The van der Waals surface area contributed by atoms with E-state index in [0.29, 0.717) is 10.7 Å². The minimum atomic E-state index is -4.39. The van der Waals surface area contributed by atoms with E-state index in [1.807, 2.05) is 0 Å². The van der Waals surface area contributed by atoms with Gasteiger partial charge in [-0.05, 0) is 6.07 Å². The molecule has 8 heteroatoms. The third-order valence-corrected chi connectivity index (χ3v) is 2.11. The fourth-order valence-electron chi connectivity index (χ4n) is 1.03. The smallest absolute Gasteiger partial charge is 0.372 e. The molecule has 1 aromatic heterocycles. The van der Waals surface area contributed by atoms with E-state index in [1.54, 1.807) is 0 Å². The Balaban J connectivity index is 2.29. The summed E-state index contributed by atoms with van der Waals surface area (Å²) in [6.07, 6.45) is -1.79. The number of anilines is 1. The quantitative estimate of drug-likeness (QED) is 0.845. The highest BCUT2D eigenvalue weighted by Gasteiger charge is 2.27. The van der Waals surface area contributed by atoms with Crippen molar-refractivity contribution in [2.24, 2.45) is 0 Å². The van der Waals surface area contributed by atoms with Crippen LogP contribution in [-0.4, -0.2) is 30.3 Å². The molecule has 0 saturated heterocycles. The Kier molecular flexibility index (Phi) is 5.36. The molecule has 18 heavy (non-hydrogen) atoms. The van der Waals surface area contributed by atoms with Crippen LogP contribution in [0.4, 0.5) is 18.9 Å². The molecule has 0 atom stereocenters. The Morgan fingerprint density at radius 2 is 2.22 bits per heavy atom. The van der Waals surface area contributed by atoms with Crippen molar-refractivity contribution in [1.29, 1.82) is 0 Å². The van der Waals surface area contributed by atoms with Crippen LogP contribution in [-0.2, 0) is 9.53 Å². The zero-order chi connectivity index (χ0) is 13.6. The van der Waals surface area contributed by atoms with Gasteiger partial charge in [0, 0.05) is 6.20 Å². The Labute approximate surface area is 106 Å². The number of ether oxygens (including phenoxy) is 1. The van der Waals surface area contributed by atoms with Gasteiger partial charge in [-0.2, -0.15) is 13.2 Å². The highest BCUT2D eigenvalue weighted by molar-refractivity contribution is 6.33. The first-order valence-corrected chi connectivity index (χ1v) is 5.30. The van der Waals surface area contributed by atoms with Gasteiger partial charge >= 0.3 is 6.18 Å². The van der Waals surface area contributed by atoms with Crippen LogP contribution in [0, 0.1) is 0 Å². The molecule has 0 aromatic carbocycles. The first-order valence-electron chi connectivity index (χ1n) is 4.92. The standard InChI is InChI=1S/C10H10ClF3N2O2/c11-7-1-3-15-5-8(7)16-9(17)2-4-18-6-10(12,13)14/h1,3,5H,2,4,6H2,(H,16,17). The maximum atomic E-state index is 11.7. The summed E-state index contributed by atoms with van der Waals surface area (Å²) < 4.78 is 39.5. The van der Waals surface area contributed by atoms with Crippen LogP contribution in [0.1, 0.15) is 6.42 Å². The van der Waals surface area contributed by atoms with Gasteiger partial charge in [-0.1, -0.05) is 11.6 Å². The number of amides is 1. The summed E-state index contributed by atoms with van der Waals surface area (Å²) in [5.74, 6) is -0.493. The molecule has 0 saturated carbocycles. The van der Waals surface area contributed by atoms with E-state index in [1.165, 1.54) is 18.5 Å². The van der Waals surface area contributed by atoms with Crippen molar-refractivity contribution in [1.82, 2.24) is 4.98 Å². The number of pyridine rings is 1. The first-order chi connectivity index (χ1) is 8.38. The number of hydrogen-bond acceptors (Lipinski definition) is 3. The average Bonchev–Trinajstić information content (AvgIpc) is 2.26. The molecule has 1 amide bonds. The van der Waals surface area contributed by atoms with Crippen molar-refractivity contribution in [2.75, 3.05) is 18.5 Å². The summed E-state index contributed by atoms with van der Waals surface area (Å²) in [5.41, 5.74) is 0.306. The summed E-state index contributed by atoms with van der Waals surface area (Å²) in [5, 5.41) is 2.71. The van der Waals surface area contributed by atoms with Crippen molar-refractivity contribution in [2.45, 2.75) is 12.6 Å². The molecule has 0 radical (unpaired) electrons. The zero-order valence-electron chi connectivity index (χ0n) is 9.13. The number of hydrogen-bond donors (Lipinski definition) is 1. The monoisotopic (exact) mass is 282 g/mol. The fourth-order valence-corrected chi connectivity index (χ4v) is 1.19. The number of carbonyl (C=O) groups excluding carboxylic acids is 1. The van der Waals surface area contributed by atoms with Gasteiger partial charge in [0.25, 0.3) is 0 Å². The fraction of sp³-hybridized carbons (Fsp3) is 0.400. The van der Waals surface area contributed by atoms with Gasteiger partial charge in [-0.25, -0.2) is 0 Å². The maximum Gasteiger partial charge on any atom is 0.411 e. The van der Waals surface area contributed by atoms with Gasteiger partial charge in [-0.15, -0.1) is 0 Å². The second kappa shape index (κ2) is 6.55. The molecule has 0 aliphatic heterocycles. The predicted octanol–water partition coefficient (Wildman–Crippen LogP) is 2.64. The van der Waals surface area contributed by atoms with E-state index in [2.05, 4.69) is 15.0 Å². The highest BCUT2D eigenvalue weighted by atomic mass is 35.5. The molecule has 1 N–H and O–H groups in total. The number of nitrogens with one attached hydrogen (secondary N) is 1. The Morgan fingerprint density at radius 1 is 1.50 bits per heavy atom. The lowest BCUT2D eigenvalue weighted by molar-refractivity contribution is -0.174. The van der Waals surface area contributed by atoms with Gasteiger partial charge in [0.05, 0.1) is 29.9 Å². The number of rotatable bonds is 5. The molecule has 0 spiro atoms.